The smallest absolute Gasteiger partial charge is 0.291 e. The van der Waals surface area contributed by atoms with Crippen LogP contribution in [0.3, 0.4) is 0 Å². The molecule has 0 saturated heterocycles. The van der Waals surface area contributed by atoms with Gasteiger partial charge in [-0.25, -0.2) is 0 Å². The van der Waals surface area contributed by atoms with Crippen molar-refractivity contribution in [3.05, 3.63) is 41.2 Å². The fourth-order valence-corrected chi connectivity index (χ4v) is 7.18. The van der Waals surface area contributed by atoms with Crippen molar-refractivity contribution in [1.82, 2.24) is 9.97 Å². The SMILES string of the molecule is CNc1nc(OC)c(NC(=O)c2ccc(Oc3cc4c(cc3C)CCC[Si]4(C)C)o2)c(OC)n1. The molecular formula is C24H30N4O5Si. The van der Waals surface area contributed by atoms with Crippen LogP contribution in [0.25, 0.3) is 0 Å². The number of hydrogen-bond acceptors (Lipinski definition) is 8. The van der Waals surface area contributed by atoms with E-state index in [4.69, 9.17) is 18.6 Å². The third-order valence-corrected chi connectivity index (χ3v) is 9.61. The van der Waals surface area contributed by atoms with Gasteiger partial charge in [0.15, 0.2) is 11.4 Å². The number of ether oxygens (including phenoxy) is 3. The van der Waals surface area contributed by atoms with Gasteiger partial charge in [0.25, 0.3) is 11.9 Å². The van der Waals surface area contributed by atoms with E-state index in [0.717, 1.165) is 17.7 Å². The number of methoxy groups -OCH3 is 2. The number of nitrogens with zero attached hydrogens (tertiary/aromatic N) is 2. The predicted octanol–water partition coefficient (Wildman–Crippen LogP) is 4.34. The monoisotopic (exact) mass is 482 g/mol. The molecule has 9 nitrogen and oxygen atoms in total. The Morgan fingerprint density at radius 2 is 1.82 bits per heavy atom. The molecule has 0 bridgehead atoms. The molecular weight excluding hydrogens is 452 g/mol. The van der Waals surface area contributed by atoms with Crippen molar-refractivity contribution in [3.63, 3.8) is 0 Å². The Labute approximate surface area is 199 Å². The van der Waals surface area contributed by atoms with Crippen molar-refractivity contribution in [2.75, 3.05) is 31.9 Å². The van der Waals surface area contributed by atoms with Crippen molar-refractivity contribution < 1.29 is 23.4 Å². The van der Waals surface area contributed by atoms with Gasteiger partial charge in [-0.15, -0.1) is 0 Å². The predicted molar refractivity (Wildman–Crippen MR) is 133 cm³/mol. The highest BCUT2D eigenvalue weighted by Gasteiger charge is 2.30. The first-order valence-corrected chi connectivity index (χ1v) is 14.4. The summed E-state index contributed by atoms with van der Waals surface area (Å²) in [6.07, 6.45) is 2.37. The second kappa shape index (κ2) is 9.38. The average Bonchev–Trinajstić information content (AvgIpc) is 3.28. The van der Waals surface area contributed by atoms with Crippen LogP contribution in [0, 0.1) is 6.92 Å². The molecule has 2 N–H and O–H groups in total. The number of fused-ring (bicyclic) bond motifs is 1. The first kappa shape index (κ1) is 23.6. The Balaban J connectivity index is 1.56. The maximum atomic E-state index is 12.9. The molecule has 10 heteroatoms. The fourth-order valence-electron chi connectivity index (χ4n) is 4.27. The van der Waals surface area contributed by atoms with Crippen LogP contribution in [-0.4, -0.2) is 45.2 Å². The number of carbonyl (C=O) groups is 1. The number of hydrogen-bond donors (Lipinski definition) is 2. The van der Waals surface area contributed by atoms with Crippen LogP contribution in [0.1, 0.15) is 28.1 Å². The number of benzene rings is 1. The van der Waals surface area contributed by atoms with Gasteiger partial charge in [0, 0.05) is 13.1 Å². The third kappa shape index (κ3) is 4.58. The second-order valence-electron chi connectivity index (χ2n) is 8.88. The normalized spacial score (nSPS) is 14.2. The van der Waals surface area contributed by atoms with Gasteiger partial charge < -0.3 is 29.3 Å². The van der Waals surface area contributed by atoms with Crippen molar-refractivity contribution in [3.8, 4) is 23.5 Å². The first-order chi connectivity index (χ1) is 16.2. The number of nitrogens with one attached hydrogen (secondary N) is 2. The van der Waals surface area contributed by atoms with E-state index in [0.29, 0.717) is 5.95 Å². The Hall–Kier alpha value is -3.53. The average molecular weight is 483 g/mol. The highest BCUT2D eigenvalue weighted by atomic mass is 28.3. The van der Waals surface area contributed by atoms with Gasteiger partial charge in [-0.3, -0.25) is 4.79 Å². The van der Waals surface area contributed by atoms with Gasteiger partial charge in [-0.05, 0) is 36.6 Å². The minimum atomic E-state index is -1.48. The highest BCUT2D eigenvalue weighted by molar-refractivity contribution is 6.90. The molecule has 0 aliphatic carbocycles. The molecule has 0 saturated carbocycles. The molecule has 0 radical (unpaired) electrons. The molecule has 3 heterocycles. The maximum Gasteiger partial charge on any atom is 0.291 e. The summed E-state index contributed by atoms with van der Waals surface area (Å²) in [4.78, 5) is 21.3. The van der Waals surface area contributed by atoms with Gasteiger partial charge in [0.2, 0.25) is 17.7 Å². The summed E-state index contributed by atoms with van der Waals surface area (Å²) < 4.78 is 22.3. The maximum absolute atomic E-state index is 12.9. The lowest BCUT2D eigenvalue weighted by Gasteiger charge is -2.31. The molecule has 1 aromatic carbocycles. The van der Waals surface area contributed by atoms with Crippen LogP contribution in [0.4, 0.5) is 11.6 Å². The summed E-state index contributed by atoms with van der Waals surface area (Å²) in [6.45, 7) is 6.83. The third-order valence-electron chi connectivity index (χ3n) is 6.08. The van der Waals surface area contributed by atoms with Gasteiger partial charge in [-0.2, -0.15) is 9.97 Å². The molecule has 0 fully saturated rings. The van der Waals surface area contributed by atoms with Crippen LogP contribution in [0.15, 0.2) is 28.7 Å². The van der Waals surface area contributed by atoms with E-state index in [1.807, 2.05) is 6.92 Å². The number of carbonyl (C=O) groups excluding carboxylic acids is 1. The van der Waals surface area contributed by atoms with Gasteiger partial charge in [-0.1, -0.05) is 36.8 Å². The number of aryl methyl sites for hydroxylation is 2. The molecule has 34 heavy (non-hydrogen) atoms. The molecule has 1 aliphatic heterocycles. The van der Waals surface area contributed by atoms with Crippen LogP contribution < -0.4 is 30.0 Å². The summed E-state index contributed by atoms with van der Waals surface area (Å²) >= 11 is 0. The lowest BCUT2D eigenvalue weighted by Crippen LogP contribution is -2.46. The number of amides is 1. The van der Waals surface area contributed by atoms with Gasteiger partial charge in [0.1, 0.15) is 5.75 Å². The summed E-state index contributed by atoms with van der Waals surface area (Å²) in [5.74, 6) is 1.16. The van der Waals surface area contributed by atoms with Crippen LogP contribution in [0.2, 0.25) is 19.1 Å². The van der Waals surface area contributed by atoms with Gasteiger partial charge >= 0.3 is 0 Å². The summed E-state index contributed by atoms with van der Waals surface area (Å²) in [5, 5.41) is 6.96. The molecule has 2 aromatic heterocycles. The molecule has 1 amide bonds. The largest absolute Gasteiger partial charge is 0.479 e. The van der Waals surface area contributed by atoms with Crippen molar-refractivity contribution in [2.24, 2.45) is 0 Å². The van der Waals surface area contributed by atoms with Crippen molar-refractivity contribution in [2.45, 2.75) is 38.9 Å². The van der Waals surface area contributed by atoms with Crippen molar-refractivity contribution >= 4 is 30.8 Å². The zero-order valence-electron chi connectivity index (χ0n) is 20.4. The number of furan rings is 1. The van der Waals surface area contributed by atoms with Crippen molar-refractivity contribution in [1.29, 1.82) is 0 Å². The van der Waals surface area contributed by atoms with E-state index >= 15 is 0 Å². The topological polar surface area (TPSA) is 108 Å². The van der Waals surface area contributed by atoms with E-state index in [9.17, 15) is 4.79 Å². The number of anilines is 2. The molecule has 0 spiro atoms. The Kier molecular flexibility index (Phi) is 6.51. The lowest BCUT2D eigenvalue weighted by atomic mass is 10.1. The molecule has 1 aliphatic rings. The quantitative estimate of drug-likeness (QED) is 0.479. The second-order valence-corrected chi connectivity index (χ2v) is 13.7. The summed E-state index contributed by atoms with van der Waals surface area (Å²) in [5.41, 5.74) is 2.68. The summed E-state index contributed by atoms with van der Waals surface area (Å²) in [6, 6.07) is 8.85. The standard InChI is InChI=1S/C24H30N4O5Si/c1-14-12-15-8-7-11-34(5,6)18(15)13-17(14)33-19-10-9-16(32-19)21(29)26-20-22(30-3)27-24(25-2)28-23(20)31-4/h9-10,12-13H,7-8,11H2,1-6H3,(H,26,29)(H,25,27,28). The van der Waals surface area contributed by atoms with E-state index in [1.165, 1.54) is 37.4 Å². The minimum Gasteiger partial charge on any atom is -0.479 e. The highest BCUT2D eigenvalue weighted by Crippen LogP contribution is 2.34. The Morgan fingerprint density at radius 1 is 1.12 bits per heavy atom. The lowest BCUT2D eigenvalue weighted by molar-refractivity contribution is 0.0990. The molecule has 3 aromatic rings. The van der Waals surface area contributed by atoms with Crippen LogP contribution in [-0.2, 0) is 6.42 Å². The molecule has 0 atom stereocenters. The Morgan fingerprint density at radius 3 is 2.47 bits per heavy atom. The zero-order chi connectivity index (χ0) is 24.5. The first-order valence-electron chi connectivity index (χ1n) is 11.2. The fraction of sp³-hybridized carbons (Fsp3) is 0.375. The van der Waals surface area contributed by atoms with Gasteiger partial charge in [0.05, 0.1) is 22.3 Å². The van der Waals surface area contributed by atoms with E-state index in [1.54, 1.807) is 19.2 Å². The Bertz CT molecular complexity index is 1200. The molecule has 180 valence electrons. The molecule has 4 rings (SSSR count). The number of aromatic nitrogens is 2. The van der Waals surface area contributed by atoms with Crippen LogP contribution in [0.5, 0.6) is 23.5 Å². The van der Waals surface area contributed by atoms with Crippen LogP contribution >= 0.6 is 0 Å². The molecule has 0 unspecified atom stereocenters. The minimum absolute atomic E-state index is 0.0714. The van der Waals surface area contributed by atoms with E-state index in [2.05, 4.69) is 45.8 Å². The van der Waals surface area contributed by atoms with E-state index < -0.39 is 14.0 Å². The van der Waals surface area contributed by atoms with E-state index in [-0.39, 0.29) is 29.2 Å². The summed E-state index contributed by atoms with van der Waals surface area (Å²) in [7, 11) is 3.08. The number of rotatable bonds is 7. The zero-order valence-corrected chi connectivity index (χ0v) is 21.4.